The molecule has 0 saturated heterocycles. The van der Waals surface area contributed by atoms with Crippen molar-refractivity contribution < 1.29 is 9.59 Å². The SMILES string of the molecule is CC(C)(C)C(=O)Nc1cccc(C(=O)N2CCCc3cc(Br)ccc32)c1. The predicted octanol–water partition coefficient (Wildman–Crippen LogP) is 5.03. The van der Waals surface area contributed by atoms with Gasteiger partial charge in [-0.25, -0.2) is 0 Å². The summed E-state index contributed by atoms with van der Waals surface area (Å²) in [5.41, 5.74) is 2.88. The van der Waals surface area contributed by atoms with E-state index in [1.54, 1.807) is 18.2 Å². The van der Waals surface area contributed by atoms with Crippen molar-refractivity contribution in [2.24, 2.45) is 5.41 Å². The van der Waals surface area contributed by atoms with Crippen LogP contribution < -0.4 is 10.2 Å². The average molecular weight is 415 g/mol. The summed E-state index contributed by atoms with van der Waals surface area (Å²) in [6.45, 7) is 6.28. The van der Waals surface area contributed by atoms with E-state index in [4.69, 9.17) is 0 Å². The van der Waals surface area contributed by atoms with Crippen LogP contribution in [0.25, 0.3) is 0 Å². The van der Waals surface area contributed by atoms with Gasteiger partial charge in [0.15, 0.2) is 0 Å². The third kappa shape index (κ3) is 3.98. The minimum atomic E-state index is -0.487. The van der Waals surface area contributed by atoms with E-state index in [0.29, 0.717) is 17.8 Å². The molecule has 0 spiro atoms. The number of halogens is 1. The predicted molar refractivity (Wildman–Crippen MR) is 109 cm³/mol. The Morgan fingerprint density at radius 1 is 1.12 bits per heavy atom. The van der Waals surface area contributed by atoms with Crippen molar-refractivity contribution in [2.45, 2.75) is 33.6 Å². The zero-order valence-corrected chi connectivity index (χ0v) is 16.9. The van der Waals surface area contributed by atoms with Gasteiger partial charge in [0.25, 0.3) is 5.91 Å². The lowest BCUT2D eigenvalue weighted by Crippen LogP contribution is -2.35. The second-order valence-electron chi connectivity index (χ2n) is 7.62. The van der Waals surface area contributed by atoms with Crippen LogP contribution in [0.5, 0.6) is 0 Å². The maximum absolute atomic E-state index is 13.1. The zero-order chi connectivity index (χ0) is 18.9. The van der Waals surface area contributed by atoms with Gasteiger partial charge >= 0.3 is 0 Å². The molecular weight excluding hydrogens is 392 g/mol. The van der Waals surface area contributed by atoms with Gasteiger partial charge < -0.3 is 10.2 Å². The number of carbonyl (C=O) groups excluding carboxylic acids is 2. The van der Waals surface area contributed by atoms with Crippen LogP contribution in [0.4, 0.5) is 11.4 Å². The third-order valence-corrected chi connectivity index (χ3v) is 4.95. The number of anilines is 2. The summed E-state index contributed by atoms with van der Waals surface area (Å²) in [5, 5.41) is 2.89. The lowest BCUT2D eigenvalue weighted by Gasteiger charge is -2.30. The molecule has 0 unspecified atom stereocenters. The number of hydrogen-bond donors (Lipinski definition) is 1. The van der Waals surface area contributed by atoms with E-state index in [2.05, 4.69) is 27.3 Å². The molecule has 0 radical (unpaired) electrons. The van der Waals surface area contributed by atoms with Crippen molar-refractivity contribution in [3.63, 3.8) is 0 Å². The standard InChI is InChI=1S/C21H23BrN2O2/c1-21(2,3)20(26)23-17-8-4-6-15(13-17)19(25)24-11-5-7-14-12-16(22)9-10-18(14)24/h4,6,8-10,12-13H,5,7,11H2,1-3H3,(H,23,26). The van der Waals surface area contributed by atoms with Gasteiger partial charge in [-0.05, 0) is 54.8 Å². The van der Waals surface area contributed by atoms with E-state index in [0.717, 1.165) is 23.0 Å². The van der Waals surface area contributed by atoms with Crippen LogP contribution in [0.2, 0.25) is 0 Å². The Morgan fingerprint density at radius 3 is 2.62 bits per heavy atom. The van der Waals surface area contributed by atoms with Crippen LogP contribution in [0.3, 0.4) is 0 Å². The lowest BCUT2D eigenvalue weighted by atomic mass is 9.95. The molecule has 136 valence electrons. The van der Waals surface area contributed by atoms with Gasteiger partial charge in [-0.1, -0.05) is 42.8 Å². The molecule has 3 rings (SSSR count). The minimum absolute atomic E-state index is 0.0415. The molecule has 1 aliphatic heterocycles. The molecule has 1 aliphatic rings. The largest absolute Gasteiger partial charge is 0.326 e. The van der Waals surface area contributed by atoms with E-state index in [1.165, 1.54) is 5.56 Å². The Morgan fingerprint density at radius 2 is 1.88 bits per heavy atom. The van der Waals surface area contributed by atoms with Crippen LogP contribution in [-0.4, -0.2) is 18.4 Å². The summed E-state index contributed by atoms with van der Waals surface area (Å²) in [6.07, 6.45) is 1.91. The Kier molecular flexibility index (Phi) is 5.19. The fraction of sp³-hybridized carbons (Fsp3) is 0.333. The first-order valence-corrected chi connectivity index (χ1v) is 9.57. The van der Waals surface area contributed by atoms with Crippen LogP contribution in [0.15, 0.2) is 46.9 Å². The molecule has 0 aromatic heterocycles. The summed E-state index contributed by atoms with van der Waals surface area (Å²) in [6, 6.07) is 13.2. The lowest BCUT2D eigenvalue weighted by molar-refractivity contribution is -0.123. The number of hydrogen-bond acceptors (Lipinski definition) is 2. The van der Waals surface area contributed by atoms with Gasteiger partial charge in [0.05, 0.1) is 0 Å². The van der Waals surface area contributed by atoms with Crippen LogP contribution in [-0.2, 0) is 11.2 Å². The number of fused-ring (bicyclic) bond motifs is 1. The van der Waals surface area contributed by atoms with E-state index < -0.39 is 5.41 Å². The molecule has 0 fully saturated rings. The molecule has 5 heteroatoms. The van der Waals surface area contributed by atoms with Crippen molar-refractivity contribution in [3.05, 3.63) is 58.1 Å². The molecule has 0 bridgehead atoms. The molecule has 26 heavy (non-hydrogen) atoms. The molecule has 0 saturated carbocycles. The second kappa shape index (κ2) is 7.23. The Labute approximate surface area is 162 Å². The zero-order valence-electron chi connectivity index (χ0n) is 15.3. The van der Waals surface area contributed by atoms with E-state index in [-0.39, 0.29) is 11.8 Å². The van der Waals surface area contributed by atoms with Crippen molar-refractivity contribution in [1.82, 2.24) is 0 Å². The van der Waals surface area contributed by atoms with Gasteiger partial charge in [0.2, 0.25) is 5.91 Å². The monoisotopic (exact) mass is 414 g/mol. The van der Waals surface area contributed by atoms with Gasteiger partial charge in [0.1, 0.15) is 0 Å². The van der Waals surface area contributed by atoms with Gasteiger partial charge in [-0.15, -0.1) is 0 Å². The quantitative estimate of drug-likeness (QED) is 0.748. The molecule has 4 nitrogen and oxygen atoms in total. The number of nitrogens with one attached hydrogen (secondary N) is 1. The summed E-state index contributed by atoms with van der Waals surface area (Å²) in [5.74, 6) is -0.115. The highest BCUT2D eigenvalue weighted by Crippen LogP contribution is 2.31. The molecule has 1 heterocycles. The Hall–Kier alpha value is -2.14. The summed E-state index contributed by atoms with van der Waals surface area (Å²) in [4.78, 5) is 27.1. The fourth-order valence-electron chi connectivity index (χ4n) is 2.98. The number of aryl methyl sites for hydroxylation is 1. The first-order chi connectivity index (χ1) is 12.3. The first kappa shape index (κ1) is 18.6. The second-order valence-corrected chi connectivity index (χ2v) is 8.53. The molecule has 2 aromatic carbocycles. The van der Waals surface area contributed by atoms with Crippen LogP contribution in [0.1, 0.15) is 43.1 Å². The van der Waals surface area contributed by atoms with E-state index >= 15 is 0 Å². The summed E-state index contributed by atoms with van der Waals surface area (Å²) < 4.78 is 1.03. The van der Waals surface area contributed by atoms with E-state index in [9.17, 15) is 9.59 Å². The fourth-order valence-corrected chi connectivity index (χ4v) is 3.39. The number of benzene rings is 2. The van der Waals surface area contributed by atoms with Gasteiger partial charge in [-0.3, -0.25) is 9.59 Å². The van der Waals surface area contributed by atoms with Crippen molar-refractivity contribution in [3.8, 4) is 0 Å². The highest BCUT2D eigenvalue weighted by Gasteiger charge is 2.25. The minimum Gasteiger partial charge on any atom is -0.326 e. The molecular formula is C21H23BrN2O2. The maximum atomic E-state index is 13.1. The smallest absolute Gasteiger partial charge is 0.258 e. The van der Waals surface area contributed by atoms with Gasteiger partial charge in [-0.2, -0.15) is 0 Å². The highest BCUT2D eigenvalue weighted by molar-refractivity contribution is 9.10. The number of rotatable bonds is 2. The normalized spacial score (nSPS) is 13.9. The van der Waals surface area contributed by atoms with E-state index in [1.807, 2.05) is 43.9 Å². The van der Waals surface area contributed by atoms with Crippen LogP contribution in [0, 0.1) is 5.41 Å². The molecule has 2 amide bonds. The average Bonchev–Trinajstić information content (AvgIpc) is 2.59. The van der Waals surface area contributed by atoms with Gasteiger partial charge in [0, 0.05) is 33.4 Å². The summed E-state index contributed by atoms with van der Waals surface area (Å²) in [7, 11) is 0. The third-order valence-electron chi connectivity index (χ3n) is 4.45. The Bertz CT molecular complexity index is 855. The first-order valence-electron chi connectivity index (χ1n) is 8.77. The van der Waals surface area contributed by atoms with Crippen molar-refractivity contribution in [2.75, 3.05) is 16.8 Å². The highest BCUT2D eigenvalue weighted by atomic mass is 79.9. The maximum Gasteiger partial charge on any atom is 0.258 e. The number of carbonyl (C=O) groups is 2. The summed E-state index contributed by atoms with van der Waals surface area (Å²) >= 11 is 3.50. The molecule has 1 N–H and O–H groups in total. The number of nitrogens with zero attached hydrogens (tertiary/aromatic N) is 1. The van der Waals surface area contributed by atoms with Crippen molar-refractivity contribution >= 4 is 39.1 Å². The molecule has 2 aromatic rings. The molecule has 0 aliphatic carbocycles. The van der Waals surface area contributed by atoms with Crippen molar-refractivity contribution in [1.29, 1.82) is 0 Å². The van der Waals surface area contributed by atoms with Crippen LogP contribution >= 0.6 is 15.9 Å². The Balaban J connectivity index is 1.86. The molecule has 0 atom stereocenters. The number of amides is 2. The topological polar surface area (TPSA) is 49.4 Å².